The predicted octanol–water partition coefficient (Wildman–Crippen LogP) is 3.27. The monoisotopic (exact) mass is 660 g/mol. The molecule has 0 aliphatic heterocycles. The molecule has 8 atom stereocenters. The fourth-order valence-electron chi connectivity index (χ4n) is 9.46. The number of rotatable bonds is 10. The van der Waals surface area contributed by atoms with Crippen molar-refractivity contribution < 1.29 is 43.7 Å². The number of ether oxygens (including phenoxy) is 2. The minimum absolute atomic E-state index is 0.0318. The molecule has 2 aromatic rings. The van der Waals surface area contributed by atoms with Crippen molar-refractivity contribution >= 4 is 40.3 Å². The number of ketones is 2. The summed E-state index contributed by atoms with van der Waals surface area (Å²) in [6.45, 7) is 3.27. The summed E-state index contributed by atoms with van der Waals surface area (Å²) in [7, 11) is 1.23. The summed E-state index contributed by atoms with van der Waals surface area (Å²) in [5, 5.41) is 27.0. The van der Waals surface area contributed by atoms with Gasteiger partial charge >= 0.3 is 11.9 Å². The van der Waals surface area contributed by atoms with Gasteiger partial charge in [-0.2, -0.15) is 0 Å². The van der Waals surface area contributed by atoms with Gasteiger partial charge in [-0.15, -0.1) is 0 Å². The van der Waals surface area contributed by atoms with Crippen LogP contribution in [-0.2, 0) is 39.9 Å². The molecular formula is C37H44N2O9. The van der Waals surface area contributed by atoms with Crippen LogP contribution in [0.15, 0.2) is 54.3 Å². The third-order valence-corrected chi connectivity index (χ3v) is 11.9. The van der Waals surface area contributed by atoms with Crippen molar-refractivity contribution in [2.45, 2.75) is 83.0 Å². The van der Waals surface area contributed by atoms with Gasteiger partial charge < -0.3 is 30.0 Å². The standard InChI is InChI=1S/C37H44N2O9/c1-35-14-12-23(40)17-22(35)8-9-25-26-13-15-37(46,36(26,2)18-29(41)33(25)35)30(42)20-48-32(44)11-10-31(43)39-28(34(45)47-3)16-21-19-38-27-7-5-4-6-24(21)27/h4-7,12,14,17,19,25-26,28-29,33,38,41,46H,8-11,13,15-16,18,20H2,1-3H3,(H,39,43)/t25-,26-,28+,29-,33+,35-,36-,37+/m0/s1. The van der Waals surface area contributed by atoms with Gasteiger partial charge in [-0.05, 0) is 67.7 Å². The van der Waals surface area contributed by atoms with E-state index in [2.05, 4.69) is 17.2 Å². The first-order valence-electron chi connectivity index (χ1n) is 16.8. The quantitative estimate of drug-likeness (QED) is 0.279. The van der Waals surface area contributed by atoms with E-state index in [-0.39, 0.29) is 55.6 Å². The fourth-order valence-corrected chi connectivity index (χ4v) is 9.46. The number of carbonyl (C=O) groups is 5. The number of aromatic nitrogens is 1. The molecule has 4 aliphatic rings. The second kappa shape index (κ2) is 12.7. The van der Waals surface area contributed by atoms with Gasteiger partial charge in [0.25, 0.3) is 0 Å². The second-order valence-corrected chi connectivity index (χ2v) is 14.4. The smallest absolute Gasteiger partial charge is 0.328 e. The van der Waals surface area contributed by atoms with Crippen LogP contribution in [0.3, 0.4) is 0 Å². The van der Waals surface area contributed by atoms with Gasteiger partial charge in [0.05, 0.1) is 19.6 Å². The van der Waals surface area contributed by atoms with Gasteiger partial charge in [0.1, 0.15) is 11.6 Å². The Bertz CT molecular complexity index is 1710. The molecule has 4 N–H and O–H groups in total. The molecule has 1 aromatic heterocycles. The Morgan fingerprint density at radius 2 is 1.90 bits per heavy atom. The molecule has 1 heterocycles. The summed E-state index contributed by atoms with van der Waals surface area (Å²) in [5.74, 6) is -2.74. The summed E-state index contributed by atoms with van der Waals surface area (Å²) in [6, 6.07) is 6.61. The highest BCUT2D eigenvalue weighted by molar-refractivity contribution is 6.01. The van der Waals surface area contributed by atoms with E-state index in [4.69, 9.17) is 9.47 Å². The van der Waals surface area contributed by atoms with E-state index in [1.807, 2.05) is 37.3 Å². The maximum Gasteiger partial charge on any atom is 0.328 e. The summed E-state index contributed by atoms with van der Waals surface area (Å²) in [6.07, 6.45) is 8.20. The van der Waals surface area contributed by atoms with Crippen LogP contribution in [-0.4, -0.2) is 76.1 Å². The largest absolute Gasteiger partial charge is 0.467 e. The molecule has 4 aliphatic carbocycles. The van der Waals surface area contributed by atoms with Gasteiger partial charge in [-0.25, -0.2) is 4.79 Å². The Hall–Kier alpha value is -4.09. The molecule has 0 saturated heterocycles. The van der Waals surface area contributed by atoms with Gasteiger partial charge in [-0.3, -0.25) is 19.2 Å². The summed E-state index contributed by atoms with van der Waals surface area (Å²) < 4.78 is 10.1. The maximum atomic E-state index is 13.6. The number of esters is 2. The SMILES string of the molecule is COC(=O)[C@@H](Cc1c[nH]c2ccccc12)NC(=O)CCC(=O)OCC(=O)[C@]1(O)CC[C@H]2[C@@H]3CCC4=CC(=O)C=C[C@]4(C)[C@H]3[C@@H](O)C[C@@]21C. The van der Waals surface area contributed by atoms with Gasteiger partial charge in [0.15, 0.2) is 12.4 Å². The molecule has 0 radical (unpaired) electrons. The zero-order chi connectivity index (χ0) is 34.4. The predicted molar refractivity (Wildman–Crippen MR) is 174 cm³/mol. The van der Waals surface area contributed by atoms with Crippen LogP contribution in [0.1, 0.15) is 64.4 Å². The number of Topliss-reactive ketones (excluding diaryl/α,β-unsaturated/α-hetero) is 1. The number of hydrogen-bond donors (Lipinski definition) is 4. The lowest BCUT2D eigenvalue weighted by atomic mass is 9.46. The lowest BCUT2D eigenvalue weighted by Gasteiger charge is -2.59. The number of para-hydroxylation sites is 1. The van der Waals surface area contributed by atoms with Gasteiger partial charge in [-0.1, -0.05) is 43.7 Å². The fraction of sp³-hybridized carbons (Fsp3) is 0.541. The third-order valence-electron chi connectivity index (χ3n) is 11.9. The molecular weight excluding hydrogens is 616 g/mol. The zero-order valence-electron chi connectivity index (χ0n) is 27.6. The first-order chi connectivity index (χ1) is 22.8. The molecule has 0 bridgehead atoms. The van der Waals surface area contributed by atoms with Crippen molar-refractivity contribution in [3.63, 3.8) is 0 Å². The Balaban J connectivity index is 1.04. The van der Waals surface area contributed by atoms with E-state index >= 15 is 0 Å². The molecule has 3 saturated carbocycles. The number of benzene rings is 1. The van der Waals surface area contributed by atoms with E-state index in [0.717, 1.165) is 28.5 Å². The van der Waals surface area contributed by atoms with Crippen LogP contribution in [0.25, 0.3) is 10.9 Å². The molecule has 256 valence electrons. The van der Waals surface area contributed by atoms with Crippen molar-refractivity contribution in [3.05, 3.63) is 59.8 Å². The number of carbonyl (C=O) groups excluding carboxylic acids is 5. The molecule has 0 spiro atoms. The van der Waals surface area contributed by atoms with Crippen LogP contribution >= 0.6 is 0 Å². The lowest BCUT2D eigenvalue weighted by molar-refractivity contribution is -0.181. The minimum Gasteiger partial charge on any atom is -0.467 e. The van der Waals surface area contributed by atoms with E-state index in [1.165, 1.54) is 7.11 Å². The molecule has 3 fully saturated rings. The van der Waals surface area contributed by atoms with Gasteiger partial charge in [0.2, 0.25) is 11.7 Å². The second-order valence-electron chi connectivity index (χ2n) is 14.4. The average molecular weight is 661 g/mol. The number of nitrogens with one attached hydrogen (secondary N) is 2. The van der Waals surface area contributed by atoms with E-state index in [0.29, 0.717) is 12.8 Å². The molecule has 11 nitrogen and oxygen atoms in total. The number of amides is 1. The number of hydrogen-bond acceptors (Lipinski definition) is 9. The lowest BCUT2D eigenvalue weighted by Crippen LogP contribution is -2.61. The number of aliphatic hydroxyl groups excluding tert-OH is 1. The topological polar surface area (TPSA) is 172 Å². The minimum atomic E-state index is -1.78. The number of fused-ring (bicyclic) bond motifs is 6. The Morgan fingerprint density at radius 3 is 2.67 bits per heavy atom. The van der Waals surface area contributed by atoms with Crippen LogP contribution in [0.5, 0.6) is 0 Å². The Kier molecular flexibility index (Phi) is 8.97. The summed E-state index contributed by atoms with van der Waals surface area (Å²) in [4.78, 5) is 66.6. The van der Waals surface area contributed by atoms with Crippen molar-refractivity contribution in [3.8, 4) is 0 Å². The first kappa shape index (κ1) is 33.8. The number of methoxy groups -OCH3 is 1. The molecule has 1 aromatic carbocycles. The van der Waals surface area contributed by atoms with E-state index in [1.54, 1.807) is 18.3 Å². The van der Waals surface area contributed by atoms with Crippen molar-refractivity contribution in [2.75, 3.05) is 13.7 Å². The van der Waals surface area contributed by atoms with E-state index in [9.17, 15) is 34.2 Å². The Morgan fingerprint density at radius 1 is 1.12 bits per heavy atom. The van der Waals surface area contributed by atoms with Gasteiger partial charge in [0, 0.05) is 46.7 Å². The normalized spacial score (nSPS) is 32.8. The number of H-pyrrole nitrogens is 1. The van der Waals surface area contributed by atoms with Crippen LogP contribution < -0.4 is 5.32 Å². The first-order valence-corrected chi connectivity index (χ1v) is 16.8. The molecule has 0 unspecified atom stereocenters. The highest BCUT2D eigenvalue weighted by Gasteiger charge is 2.68. The molecule has 1 amide bonds. The highest BCUT2D eigenvalue weighted by Crippen LogP contribution is 2.67. The van der Waals surface area contributed by atoms with Crippen molar-refractivity contribution in [1.29, 1.82) is 0 Å². The molecule has 6 rings (SSSR count). The highest BCUT2D eigenvalue weighted by atomic mass is 16.5. The molecule has 48 heavy (non-hydrogen) atoms. The average Bonchev–Trinajstić information content (AvgIpc) is 3.59. The van der Waals surface area contributed by atoms with E-state index < -0.39 is 58.8 Å². The summed E-state index contributed by atoms with van der Waals surface area (Å²) in [5.41, 5.74) is -0.424. The number of allylic oxidation sites excluding steroid dienone is 4. The van der Waals surface area contributed by atoms with Crippen molar-refractivity contribution in [1.82, 2.24) is 10.3 Å². The number of aliphatic hydroxyl groups is 2. The van der Waals surface area contributed by atoms with Crippen LogP contribution in [0, 0.1) is 28.6 Å². The van der Waals surface area contributed by atoms with Crippen LogP contribution in [0.4, 0.5) is 0 Å². The third kappa shape index (κ3) is 5.70. The number of aromatic amines is 1. The summed E-state index contributed by atoms with van der Waals surface area (Å²) >= 11 is 0. The zero-order valence-corrected chi connectivity index (χ0v) is 27.6. The maximum absolute atomic E-state index is 13.6. The Labute approximate surface area is 279 Å². The molecule has 11 heteroatoms. The van der Waals surface area contributed by atoms with Crippen molar-refractivity contribution in [2.24, 2.45) is 28.6 Å². The van der Waals surface area contributed by atoms with Crippen LogP contribution in [0.2, 0.25) is 0 Å².